The Hall–Kier alpha value is -0.220. The molecule has 1 aliphatic rings. The van der Waals surface area contributed by atoms with Gasteiger partial charge >= 0.3 is 0 Å². The molecule has 1 unspecified atom stereocenters. The van der Waals surface area contributed by atoms with Gasteiger partial charge in [0.05, 0.1) is 5.25 Å². The minimum atomic E-state index is -0.186. The predicted molar refractivity (Wildman–Crippen MR) is 61.7 cm³/mol. The SMILES string of the molecule is CC(S)C(=O)N1CCN(C)C(C)(C)C1. The quantitative estimate of drug-likeness (QED) is 0.657. The van der Waals surface area contributed by atoms with Crippen molar-refractivity contribution in [3.63, 3.8) is 0 Å². The molecule has 0 aromatic carbocycles. The maximum atomic E-state index is 11.7. The molecule has 1 rings (SSSR count). The van der Waals surface area contributed by atoms with Crippen LogP contribution in [0.15, 0.2) is 0 Å². The maximum absolute atomic E-state index is 11.7. The smallest absolute Gasteiger partial charge is 0.235 e. The van der Waals surface area contributed by atoms with E-state index in [1.54, 1.807) is 0 Å². The molecule has 0 N–H and O–H groups in total. The largest absolute Gasteiger partial charge is 0.339 e. The van der Waals surface area contributed by atoms with E-state index in [9.17, 15) is 4.79 Å². The molecule has 0 saturated carbocycles. The summed E-state index contributed by atoms with van der Waals surface area (Å²) in [6.45, 7) is 8.72. The highest BCUT2D eigenvalue weighted by atomic mass is 32.1. The molecule has 1 saturated heterocycles. The number of carbonyl (C=O) groups is 1. The van der Waals surface area contributed by atoms with Crippen molar-refractivity contribution in [2.75, 3.05) is 26.7 Å². The molecule has 82 valence electrons. The van der Waals surface area contributed by atoms with Crippen LogP contribution in [0.2, 0.25) is 0 Å². The van der Waals surface area contributed by atoms with Gasteiger partial charge in [0.1, 0.15) is 0 Å². The Morgan fingerprint density at radius 3 is 2.43 bits per heavy atom. The molecule has 0 aliphatic carbocycles. The highest BCUT2D eigenvalue weighted by Crippen LogP contribution is 2.19. The van der Waals surface area contributed by atoms with Gasteiger partial charge in [-0.3, -0.25) is 9.69 Å². The Bertz CT molecular complexity index is 228. The lowest BCUT2D eigenvalue weighted by Gasteiger charge is -2.45. The van der Waals surface area contributed by atoms with Crippen LogP contribution in [0.3, 0.4) is 0 Å². The van der Waals surface area contributed by atoms with Crippen LogP contribution < -0.4 is 0 Å². The summed E-state index contributed by atoms with van der Waals surface area (Å²) in [6.07, 6.45) is 0. The first-order valence-electron chi connectivity index (χ1n) is 5.03. The van der Waals surface area contributed by atoms with E-state index in [2.05, 4.69) is 38.4 Å². The zero-order chi connectivity index (χ0) is 10.9. The Kier molecular flexibility index (Phi) is 3.48. The highest BCUT2D eigenvalue weighted by Gasteiger charge is 2.33. The molecule has 1 atom stereocenters. The summed E-state index contributed by atoms with van der Waals surface area (Å²) in [6, 6.07) is 0. The molecule has 4 heteroatoms. The number of thiol groups is 1. The van der Waals surface area contributed by atoms with Gasteiger partial charge in [0.2, 0.25) is 5.91 Å². The summed E-state index contributed by atoms with van der Waals surface area (Å²) in [5.41, 5.74) is 0.0799. The van der Waals surface area contributed by atoms with E-state index in [1.165, 1.54) is 0 Å². The minimum absolute atomic E-state index is 0.0799. The van der Waals surface area contributed by atoms with E-state index in [-0.39, 0.29) is 16.7 Å². The second-order valence-corrected chi connectivity index (χ2v) is 5.44. The molecule has 1 fully saturated rings. The minimum Gasteiger partial charge on any atom is -0.339 e. The summed E-state index contributed by atoms with van der Waals surface area (Å²) < 4.78 is 0. The van der Waals surface area contributed by atoms with Crippen LogP contribution in [0.4, 0.5) is 0 Å². The highest BCUT2D eigenvalue weighted by molar-refractivity contribution is 7.81. The summed E-state index contributed by atoms with van der Waals surface area (Å²) in [7, 11) is 2.10. The van der Waals surface area contributed by atoms with Crippen molar-refractivity contribution >= 4 is 18.5 Å². The maximum Gasteiger partial charge on any atom is 0.235 e. The van der Waals surface area contributed by atoms with Crippen LogP contribution in [0.5, 0.6) is 0 Å². The van der Waals surface area contributed by atoms with Crippen molar-refractivity contribution in [1.82, 2.24) is 9.80 Å². The molecule has 0 aromatic rings. The number of piperazine rings is 1. The fraction of sp³-hybridized carbons (Fsp3) is 0.900. The van der Waals surface area contributed by atoms with E-state index < -0.39 is 0 Å². The second kappa shape index (κ2) is 4.11. The second-order valence-electron chi connectivity index (χ2n) is 4.67. The number of hydrogen-bond acceptors (Lipinski definition) is 3. The van der Waals surface area contributed by atoms with E-state index in [0.29, 0.717) is 0 Å². The van der Waals surface area contributed by atoms with Gasteiger partial charge in [0, 0.05) is 25.2 Å². The Morgan fingerprint density at radius 2 is 2.00 bits per heavy atom. The Balaban J connectivity index is 2.64. The normalized spacial score (nSPS) is 24.8. The van der Waals surface area contributed by atoms with E-state index in [4.69, 9.17) is 0 Å². The topological polar surface area (TPSA) is 23.6 Å². The van der Waals surface area contributed by atoms with Gasteiger partial charge in [-0.25, -0.2) is 0 Å². The first-order valence-corrected chi connectivity index (χ1v) is 5.54. The molecule has 1 heterocycles. The third-order valence-electron chi connectivity index (χ3n) is 2.99. The van der Waals surface area contributed by atoms with Gasteiger partial charge in [0.25, 0.3) is 0 Å². The molecule has 3 nitrogen and oxygen atoms in total. The predicted octanol–water partition coefficient (Wildman–Crippen LogP) is 0.857. The average molecular weight is 216 g/mol. The monoisotopic (exact) mass is 216 g/mol. The third kappa shape index (κ3) is 2.42. The standard InChI is InChI=1S/C10H20N2OS/c1-8(14)9(13)12-6-5-11(4)10(2,3)7-12/h8,14H,5-7H2,1-4H3. The summed E-state index contributed by atoms with van der Waals surface area (Å²) >= 11 is 4.18. The number of amides is 1. The van der Waals surface area contributed by atoms with Crippen LogP contribution in [-0.4, -0.2) is 53.2 Å². The van der Waals surface area contributed by atoms with E-state index >= 15 is 0 Å². The fourth-order valence-electron chi connectivity index (χ4n) is 1.69. The van der Waals surface area contributed by atoms with E-state index in [1.807, 2.05) is 11.8 Å². The van der Waals surface area contributed by atoms with Crippen molar-refractivity contribution in [3.05, 3.63) is 0 Å². The van der Waals surface area contributed by atoms with Gasteiger partial charge in [-0.1, -0.05) is 0 Å². The number of rotatable bonds is 1. The number of carbonyl (C=O) groups excluding carboxylic acids is 1. The van der Waals surface area contributed by atoms with Crippen molar-refractivity contribution in [2.45, 2.75) is 31.6 Å². The Morgan fingerprint density at radius 1 is 1.43 bits per heavy atom. The zero-order valence-corrected chi connectivity index (χ0v) is 10.3. The molecule has 0 bridgehead atoms. The van der Waals surface area contributed by atoms with Gasteiger partial charge < -0.3 is 4.90 Å². The van der Waals surface area contributed by atoms with E-state index in [0.717, 1.165) is 19.6 Å². The summed E-state index contributed by atoms with van der Waals surface area (Å²) in [5.74, 6) is 0.148. The lowest BCUT2D eigenvalue weighted by molar-refractivity contribution is -0.134. The molecule has 14 heavy (non-hydrogen) atoms. The van der Waals surface area contributed by atoms with Crippen molar-refractivity contribution < 1.29 is 4.79 Å². The molecule has 1 aliphatic heterocycles. The van der Waals surface area contributed by atoms with Gasteiger partial charge in [-0.2, -0.15) is 12.6 Å². The fourth-order valence-corrected chi connectivity index (χ4v) is 1.86. The molecular weight excluding hydrogens is 196 g/mol. The summed E-state index contributed by atoms with van der Waals surface area (Å²) in [4.78, 5) is 15.9. The van der Waals surface area contributed by atoms with Crippen molar-refractivity contribution in [1.29, 1.82) is 0 Å². The van der Waals surface area contributed by atoms with Gasteiger partial charge in [-0.05, 0) is 27.8 Å². The van der Waals surface area contributed by atoms with Gasteiger partial charge in [-0.15, -0.1) is 0 Å². The van der Waals surface area contributed by atoms with Crippen LogP contribution >= 0.6 is 12.6 Å². The Labute approximate surface area is 91.9 Å². The molecule has 1 amide bonds. The van der Waals surface area contributed by atoms with Crippen LogP contribution in [0, 0.1) is 0 Å². The lowest BCUT2D eigenvalue weighted by atomic mass is 9.99. The van der Waals surface area contributed by atoms with Crippen LogP contribution in [0.25, 0.3) is 0 Å². The summed E-state index contributed by atoms with van der Waals surface area (Å²) in [5, 5.41) is -0.186. The van der Waals surface area contributed by atoms with Crippen molar-refractivity contribution in [2.24, 2.45) is 0 Å². The molecule has 0 spiro atoms. The third-order valence-corrected chi connectivity index (χ3v) is 3.21. The lowest BCUT2D eigenvalue weighted by Crippen LogP contribution is -2.59. The van der Waals surface area contributed by atoms with Crippen LogP contribution in [-0.2, 0) is 4.79 Å². The molecule has 0 aromatic heterocycles. The number of hydrogen-bond donors (Lipinski definition) is 1. The number of likely N-dealkylation sites (N-methyl/N-ethyl adjacent to an activating group) is 1. The molecule has 0 radical (unpaired) electrons. The average Bonchev–Trinajstić information content (AvgIpc) is 2.08. The first kappa shape index (κ1) is 11.9. The number of nitrogens with zero attached hydrogens (tertiary/aromatic N) is 2. The van der Waals surface area contributed by atoms with Crippen molar-refractivity contribution in [3.8, 4) is 0 Å². The first-order chi connectivity index (χ1) is 6.34. The van der Waals surface area contributed by atoms with Crippen LogP contribution in [0.1, 0.15) is 20.8 Å². The zero-order valence-electron chi connectivity index (χ0n) is 9.45. The molecular formula is C10H20N2OS. The van der Waals surface area contributed by atoms with Gasteiger partial charge in [0.15, 0.2) is 0 Å².